The van der Waals surface area contributed by atoms with Crippen LogP contribution in [0.25, 0.3) is 11.1 Å². The first kappa shape index (κ1) is 29.1. The lowest BCUT2D eigenvalue weighted by atomic mass is 9.72. The van der Waals surface area contributed by atoms with Crippen molar-refractivity contribution in [1.82, 2.24) is 10.3 Å². The van der Waals surface area contributed by atoms with Crippen LogP contribution < -0.4 is 16.0 Å². The fourth-order valence-electron chi connectivity index (χ4n) is 3.42. The zero-order valence-corrected chi connectivity index (χ0v) is 21.7. The number of nitrogens with two attached hydrogens (primary N) is 1. The van der Waals surface area contributed by atoms with Gasteiger partial charge in [-0.3, -0.25) is 4.79 Å². The minimum absolute atomic E-state index is 0.445. The van der Waals surface area contributed by atoms with Gasteiger partial charge in [-0.05, 0) is 44.3 Å². The molecule has 3 N–H and O–H groups in total. The summed E-state index contributed by atoms with van der Waals surface area (Å²) in [5.74, 6) is 2.38. The molecule has 0 radical (unpaired) electrons. The summed E-state index contributed by atoms with van der Waals surface area (Å²) in [6.07, 6.45) is 2.07. The maximum absolute atomic E-state index is 11.0. The second-order valence-corrected chi connectivity index (χ2v) is 9.19. The van der Waals surface area contributed by atoms with Gasteiger partial charge in [0.25, 0.3) is 6.01 Å². The molecule has 33 heavy (non-hydrogen) atoms. The van der Waals surface area contributed by atoms with Crippen molar-refractivity contribution in [3.8, 4) is 0 Å². The van der Waals surface area contributed by atoms with Crippen LogP contribution in [-0.2, 0) is 4.74 Å². The fraction of sp³-hybridized carbons (Fsp3) is 0.600. The van der Waals surface area contributed by atoms with Gasteiger partial charge in [-0.1, -0.05) is 51.4 Å². The maximum atomic E-state index is 11.0. The highest BCUT2D eigenvalue weighted by atomic mass is 35.5. The summed E-state index contributed by atoms with van der Waals surface area (Å²) in [6, 6.07) is 3.77. The van der Waals surface area contributed by atoms with Crippen LogP contribution >= 0.6 is 11.6 Å². The van der Waals surface area contributed by atoms with Gasteiger partial charge >= 0.3 is 0 Å². The number of oxazole rings is 1. The first-order valence-electron chi connectivity index (χ1n) is 11.6. The number of carbonyl (C=O) groups excluding carboxylic acids is 1. The van der Waals surface area contributed by atoms with E-state index in [-0.39, 0.29) is 0 Å². The molecule has 186 valence electrons. The number of carbonyl (C=O) groups is 1. The van der Waals surface area contributed by atoms with E-state index in [4.69, 9.17) is 20.8 Å². The Kier molecular flexibility index (Phi) is 13.3. The molecule has 2 atom stereocenters. The Morgan fingerprint density at radius 2 is 1.91 bits per heavy atom. The molecule has 0 spiro atoms. The lowest BCUT2D eigenvalue weighted by Crippen LogP contribution is -2.36. The molecule has 2 aromatic rings. The second kappa shape index (κ2) is 15.1. The molecule has 2 fully saturated rings. The van der Waals surface area contributed by atoms with Crippen LogP contribution in [0.2, 0.25) is 5.02 Å². The lowest BCUT2D eigenvalue weighted by Gasteiger charge is -2.35. The van der Waals surface area contributed by atoms with E-state index >= 15 is 0 Å². The number of aldehydes is 1. The largest absolute Gasteiger partial charge is 0.423 e. The molecule has 1 saturated carbocycles. The zero-order chi connectivity index (χ0) is 25.0. The summed E-state index contributed by atoms with van der Waals surface area (Å²) in [4.78, 5) is 17.3. The van der Waals surface area contributed by atoms with Crippen LogP contribution in [0.1, 0.15) is 44.5 Å². The SMILES string of the molecule is C=C1C(C)CC1CNC.CC(C)C.CN.O=Cc1cc(Cl)cc2oc(N3CCOCC3)nc12. The van der Waals surface area contributed by atoms with Crippen LogP contribution in [0.5, 0.6) is 0 Å². The molecular formula is C25H41ClN4O3. The van der Waals surface area contributed by atoms with E-state index in [1.807, 2.05) is 11.9 Å². The predicted molar refractivity (Wildman–Crippen MR) is 138 cm³/mol. The van der Waals surface area contributed by atoms with Crippen molar-refractivity contribution in [2.75, 3.05) is 51.8 Å². The van der Waals surface area contributed by atoms with E-state index in [0.29, 0.717) is 40.9 Å². The summed E-state index contributed by atoms with van der Waals surface area (Å²) in [7, 11) is 3.50. The number of halogens is 1. The second-order valence-electron chi connectivity index (χ2n) is 8.75. The van der Waals surface area contributed by atoms with Crippen LogP contribution in [0.4, 0.5) is 6.01 Å². The number of benzene rings is 1. The maximum Gasteiger partial charge on any atom is 0.298 e. The zero-order valence-electron chi connectivity index (χ0n) is 21.0. The number of morpholine rings is 1. The number of anilines is 1. The van der Waals surface area contributed by atoms with E-state index < -0.39 is 0 Å². The average Bonchev–Trinajstić information content (AvgIpc) is 3.24. The molecule has 4 rings (SSSR count). The number of aromatic nitrogens is 1. The van der Waals surface area contributed by atoms with E-state index in [1.165, 1.54) is 19.0 Å². The Hall–Kier alpha value is -1.93. The number of hydrogen-bond donors (Lipinski definition) is 2. The van der Waals surface area contributed by atoms with Gasteiger partial charge in [-0.15, -0.1) is 0 Å². The van der Waals surface area contributed by atoms with Gasteiger partial charge in [0.2, 0.25) is 0 Å². The monoisotopic (exact) mass is 480 g/mol. The number of nitrogens with zero attached hydrogens (tertiary/aromatic N) is 2. The third-order valence-corrected chi connectivity index (χ3v) is 5.35. The number of fused-ring (bicyclic) bond motifs is 1. The van der Waals surface area contributed by atoms with Gasteiger partial charge in [-0.25, -0.2) is 0 Å². The molecular weight excluding hydrogens is 440 g/mol. The van der Waals surface area contributed by atoms with Crippen molar-refractivity contribution in [2.24, 2.45) is 23.5 Å². The standard InChI is InChI=1S/C12H11ClN2O3.C8H15N.C4H10.CH5N/c13-9-5-8(7-16)11-10(6-9)18-12(14-11)15-1-3-17-4-2-15;1-6-4-8(5-9-3)7(6)2;1-4(2)3;1-2/h5-7H,1-4H2;6,8-9H,2,4-5H2,1,3H3;4H,1-3H3;2H2,1H3. The number of ether oxygens (including phenoxy) is 1. The van der Waals surface area contributed by atoms with E-state index in [0.717, 1.165) is 43.7 Å². The molecule has 1 aliphatic carbocycles. The summed E-state index contributed by atoms with van der Waals surface area (Å²) in [5.41, 5.74) is 7.46. The van der Waals surface area contributed by atoms with Gasteiger partial charge in [0.1, 0.15) is 5.52 Å². The van der Waals surface area contributed by atoms with Crippen LogP contribution in [-0.4, -0.2) is 58.2 Å². The first-order chi connectivity index (χ1) is 15.8. The molecule has 1 aromatic heterocycles. The fourth-order valence-corrected chi connectivity index (χ4v) is 3.64. The van der Waals surface area contributed by atoms with Crippen molar-refractivity contribution < 1.29 is 13.9 Å². The topological polar surface area (TPSA) is 93.6 Å². The predicted octanol–water partition coefficient (Wildman–Crippen LogP) is 4.79. The van der Waals surface area contributed by atoms with E-state index in [2.05, 4.69) is 50.3 Å². The first-order valence-corrected chi connectivity index (χ1v) is 11.9. The average molecular weight is 481 g/mol. The molecule has 2 unspecified atom stereocenters. The van der Waals surface area contributed by atoms with E-state index in [9.17, 15) is 4.79 Å². The number of hydrogen-bond acceptors (Lipinski definition) is 7. The molecule has 1 saturated heterocycles. The van der Waals surface area contributed by atoms with Gasteiger partial charge < -0.3 is 25.1 Å². The van der Waals surface area contributed by atoms with E-state index in [1.54, 1.807) is 12.1 Å². The van der Waals surface area contributed by atoms with Crippen LogP contribution in [0, 0.1) is 17.8 Å². The van der Waals surface area contributed by atoms with Crippen molar-refractivity contribution in [2.45, 2.75) is 34.1 Å². The molecule has 2 aliphatic rings. The Labute approximate surface area is 203 Å². The minimum Gasteiger partial charge on any atom is -0.423 e. The quantitative estimate of drug-likeness (QED) is 0.480. The van der Waals surface area contributed by atoms with Gasteiger partial charge in [-0.2, -0.15) is 4.98 Å². The Bertz CT molecular complexity index is 858. The van der Waals surface area contributed by atoms with Crippen LogP contribution in [0.3, 0.4) is 0 Å². The summed E-state index contributed by atoms with van der Waals surface area (Å²) < 4.78 is 10.9. The highest BCUT2D eigenvalue weighted by molar-refractivity contribution is 6.31. The summed E-state index contributed by atoms with van der Waals surface area (Å²) in [6.45, 7) is 16.6. The molecule has 0 bridgehead atoms. The summed E-state index contributed by atoms with van der Waals surface area (Å²) >= 11 is 5.92. The lowest BCUT2D eigenvalue weighted by molar-refractivity contribution is 0.112. The van der Waals surface area contributed by atoms with Crippen molar-refractivity contribution in [3.05, 3.63) is 34.9 Å². The Balaban J connectivity index is 0.000000304. The Morgan fingerprint density at radius 1 is 1.30 bits per heavy atom. The third kappa shape index (κ3) is 9.08. The van der Waals surface area contributed by atoms with Crippen molar-refractivity contribution in [3.63, 3.8) is 0 Å². The smallest absolute Gasteiger partial charge is 0.298 e. The highest BCUT2D eigenvalue weighted by Crippen LogP contribution is 2.37. The van der Waals surface area contributed by atoms with Crippen molar-refractivity contribution in [1.29, 1.82) is 0 Å². The molecule has 1 aliphatic heterocycles. The molecule has 8 heteroatoms. The summed E-state index contributed by atoms with van der Waals surface area (Å²) in [5, 5.41) is 3.63. The van der Waals surface area contributed by atoms with Gasteiger partial charge in [0.15, 0.2) is 11.9 Å². The molecule has 0 amide bonds. The van der Waals surface area contributed by atoms with Gasteiger partial charge in [0, 0.05) is 36.3 Å². The molecule has 1 aromatic carbocycles. The highest BCUT2D eigenvalue weighted by Gasteiger charge is 2.28. The van der Waals surface area contributed by atoms with Crippen molar-refractivity contribution >= 4 is 35.0 Å². The van der Waals surface area contributed by atoms with Gasteiger partial charge in [0.05, 0.1) is 13.2 Å². The minimum atomic E-state index is 0.445. The molecule has 2 heterocycles. The number of rotatable bonds is 4. The van der Waals surface area contributed by atoms with Crippen LogP contribution in [0.15, 0.2) is 28.7 Å². The number of nitrogens with one attached hydrogen (secondary N) is 1. The normalized spacial score (nSPS) is 19.4. The Morgan fingerprint density at radius 3 is 2.39 bits per heavy atom. The third-order valence-electron chi connectivity index (χ3n) is 5.13. The molecule has 7 nitrogen and oxygen atoms in total.